The first-order valence-corrected chi connectivity index (χ1v) is 20.0. The van der Waals surface area contributed by atoms with Crippen LogP contribution in [-0.4, -0.2) is 57.6 Å². The van der Waals surface area contributed by atoms with Gasteiger partial charge >= 0.3 is 11.9 Å². The normalized spacial score (nSPS) is 13.4. The lowest BCUT2D eigenvalue weighted by atomic mass is 9.83. The van der Waals surface area contributed by atoms with E-state index in [1.165, 1.54) is 103 Å². The van der Waals surface area contributed by atoms with Crippen LogP contribution in [0.3, 0.4) is 0 Å². The number of hydrogen-bond donors (Lipinski definition) is 4. The molecular formula is C39H77N3O5. The quantitative estimate of drug-likeness (QED) is 0.0486. The highest BCUT2D eigenvalue weighted by Gasteiger charge is 2.46. The number of unbranched alkanes of at least 4 members (excludes halogenated alkanes) is 23. The Hall–Kier alpha value is -1.67. The van der Waals surface area contributed by atoms with E-state index in [1.807, 2.05) is 0 Å². The summed E-state index contributed by atoms with van der Waals surface area (Å²) in [6.07, 6.45) is 30.4. The molecule has 2 atom stereocenters. The molecule has 0 saturated heterocycles. The first-order valence-electron chi connectivity index (χ1n) is 20.0. The smallest absolute Gasteiger partial charge is 0.329 e. The fraction of sp³-hybridized carbons (Fsp3) is 0.923. The second-order valence-corrected chi connectivity index (χ2v) is 14.1. The van der Waals surface area contributed by atoms with Crippen molar-refractivity contribution < 1.29 is 24.6 Å². The van der Waals surface area contributed by atoms with Gasteiger partial charge in [-0.15, -0.1) is 0 Å². The van der Waals surface area contributed by atoms with Crippen molar-refractivity contribution in [3.05, 3.63) is 0 Å². The molecule has 0 aromatic heterocycles. The summed E-state index contributed by atoms with van der Waals surface area (Å²) in [6.45, 7) is 5.29. The SMILES string of the molecule is CCCCCCCCCCCCCCN(C(=O)[C@@H](N)CCC(=O)O)[C@](CCCCN)(CCCCCCCCCCCCCC)C(=O)O. The molecule has 278 valence electrons. The van der Waals surface area contributed by atoms with Crippen LogP contribution in [0.25, 0.3) is 0 Å². The van der Waals surface area contributed by atoms with Gasteiger partial charge in [0.15, 0.2) is 0 Å². The highest BCUT2D eigenvalue weighted by atomic mass is 16.4. The Morgan fingerprint density at radius 1 is 0.574 bits per heavy atom. The number of carboxylic acid groups (broad SMARTS) is 2. The van der Waals surface area contributed by atoms with E-state index in [4.69, 9.17) is 11.5 Å². The minimum atomic E-state index is -1.34. The summed E-state index contributed by atoms with van der Waals surface area (Å²) >= 11 is 0. The molecule has 0 radical (unpaired) electrons. The fourth-order valence-electron chi connectivity index (χ4n) is 6.79. The molecule has 0 rings (SSSR count). The van der Waals surface area contributed by atoms with Crippen LogP contribution in [0.5, 0.6) is 0 Å². The van der Waals surface area contributed by atoms with Gasteiger partial charge in [0.1, 0.15) is 5.54 Å². The van der Waals surface area contributed by atoms with Gasteiger partial charge in [0, 0.05) is 13.0 Å². The number of carbonyl (C=O) groups is 3. The Morgan fingerprint density at radius 2 is 0.936 bits per heavy atom. The van der Waals surface area contributed by atoms with Crippen LogP contribution in [0.2, 0.25) is 0 Å². The maximum atomic E-state index is 13.8. The second-order valence-electron chi connectivity index (χ2n) is 14.1. The van der Waals surface area contributed by atoms with E-state index in [0.717, 1.165) is 51.4 Å². The molecule has 0 saturated carbocycles. The van der Waals surface area contributed by atoms with Gasteiger partial charge < -0.3 is 26.6 Å². The molecule has 0 spiro atoms. The Morgan fingerprint density at radius 3 is 1.30 bits per heavy atom. The van der Waals surface area contributed by atoms with Gasteiger partial charge in [0.05, 0.1) is 6.04 Å². The van der Waals surface area contributed by atoms with E-state index in [9.17, 15) is 24.6 Å². The lowest BCUT2D eigenvalue weighted by molar-refractivity contribution is -0.162. The Balaban J connectivity index is 5.22. The van der Waals surface area contributed by atoms with Gasteiger partial charge in [-0.2, -0.15) is 0 Å². The zero-order valence-corrected chi connectivity index (χ0v) is 30.9. The summed E-state index contributed by atoms with van der Waals surface area (Å²) in [5.74, 6) is -2.41. The van der Waals surface area contributed by atoms with E-state index in [1.54, 1.807) is 4.90 Å². The molecule has 0 aliphatic carbocycles. The van der Waals surface area contributed by atoms with Gasteiger partial charge in [0.25, 0.3) is 0 Å². The van der Waals surface area contributed by atoms with Crippen LogP contribution in [0.4, 0.5) is 0 Å². The third-order valence-corrected chi connectivity index (χ3v) is 9.89. The molecule has 8 heteroatoms. The molecule has 0 aromatic carbocycles. The molecule has 0 bridgehead atoms. The molecule has 1 amide bonds. The summed E-state index contributed by atoms with van der Waals surface area (Å²) in [7, 11) is 0. The summed E-state index contributed by atoms with van der Waals surface area (Å²) in [5, 5.41) is 19.9. The predicted molar refractivity (Wildman–Crippen MR) is 197 cm³/mol. The summed E-state index contributed by atoms with van der Waals surface area (Å²) in [5.41, 5.74) is 10.7. The Bertz CT molecular complexity index is 765. The van der Waals surface area contributed by atoms with Crippen LogP contribution in [0.15, 0.2) is 0 Å². The summed E-state index contributed by atoms with van der Waals surface area (Å²) < 4.78 is 0. The predicted octanol–water partition coefficient (Wildman–Crippen LogP) is 9.75. The number of aliphatic carboxylic acids is 2. The van der Waals surface area contributed by atoms with Gasteiger partial charge in [-0.05, 0) is 45.1 Å². The van der Waals surface area contributed by atoms with Gasteiger partial charge in [0.2, 0.25) is 5.91 Å². The highest BCUT2D eigenvalue weighted by Crippen LogP contribution is 2.32. The van der Waals surface area contributed by atoms with Crippen LogP contribution in [-0.2, 0) is 14.4 Å². The maximum absolute atomic E-state index is 13.8. The monoisotopic (exact) mass is 668 g/mol. The average Bonchev–Trinajstić information content (AvgIpc) is 3.05. The lowest BCUT2D eigenvalue weighted by Gasteiger charge is -2.42. The fourth-order valence-corrected chi connectivity index (χ4v) is 6.79. The highest BCUT2D eigenvalue weighted by molar-refractivity contribution is 5.90. The third kappa shape index (κ3) is 23.3. The number of nitrogens with zero attached hydrogens (tertiary/aromatic N) is 1. The van der Waals surface area contributed by atoms with Crippen molar-refractivity contribution in [2.45, 2.75) is 218 Å². The number of rotatable bonds is 36. The zero-order chi connectivity index (χ0) is 35.0. The molecule has 8 nitrogen and oxygen atoms in total. The first kappa shape index (κ1) is 45.3. The minimum Gasteiger partial charge on any atom is -0.481 e. The maximum Gasteiger partial charge on any atom is 0.329 e. The van der Waals surface area contributed by atoms with Crippen molar-refractivity contribution in [2.24, 2.45) is 11.5 Å². The van der Waals surface area contributed by atoms with Crippen LogP contribution < -0.4 is 11.5 Å². The number of hydrogen-bond acceptors (Lipinski definition) is 5. The van der Waals surface area contributed by atoms with Crippen LogP contribution in [0.1, 0.15) is 206 Å². The molecule has 47 heavy (non-hydrogen) atoms. The molecule has 0 fully saturated rings. The summed E-state index contributed by atoms with van der Waals surface area (Å²) in [4.78, 5) is 39.7. The average molecular weight is 668 g/mol. The molecule has 0 heterocycles. The molecule has 0 aromatic rings. The van der Waals surface area contributed by atoms with Gasteiger partial charge in [-0.3, -0.25) is 9.59 Å². The summed E-state index contributed by atoms with van der Waals surface area (Å²) in [6, 6.07) is -1.03. The van der Waals surface area contributed by atoms with Crippen molar-refractivity contribution in [1.82, 2.24) is 4.90 Å². The van der Waals surface area contributed by atoms with E-state index in [0.29, 0.717) is 38.8 Å². The minimum absolute atomic E-state index is 0.000212. The number of nitrogens with two attached hydrogens (primary N) is 2. The largest absolute Gasteiger partial charge is 0.481 e. The van der Waals surface area contributed by atoms with E-state index >= 15 is 0 Å². The molecule has 6 N–H and O–H groups in total. The van der Waals surface area contributed by atoms with E-state index < -0.39 is 29.4 Å². The lowest BCUT2D eigenvalue weighted by Crippen LogP contribution is -2.61. The number of amides is 1. The van der Waals surface area contributed by atoms with Crippen LogP contribution in [0, 0.1) is 0 Å². The Labute approximate surface area is 289 Å². The standard InChI is InChI=1S/C39H77N3O5/c1-3-5-7-9-11-13-15-17-19-21-23-25-31-39(38(46)47,32-26-27-33-40)42(37(45)35(41)29-30-36(43)44)34-28-24-22-20-18-16-14-12-10-8-6-4-2/h35H,3-34,40-41H2,1-2H3,(H,43,44)(H,46,47)/t35-,39-/m0/s1. The third-order valence-electron chi connectivity index (χ3n) is 9.89. The van der Waals surface area contributed by atoms with Gasteiger partial charge in [-0.25, -0.2) is 4.79 Å². The van der Waals surface area contributed by atoms with Crippen LogP contribution >= 0.6 is 0 Å². The van der Waals surface area contributed by atoms with Crippen molar-refractivity contribution in [3.63, 3.8) is 0 Å². The number of carbonyl (C=O) groups excluding carboxylic acids is 1. The van der Waals surface area contributed by atoms with Crippen molar-refractivity contribution in [1.29, 1.82) is 0 Å². The second kappa shape index (κ2) is 31.6. The topological polar surface area (TPSA) is 147 Å². The molecule has 0 aliphatic rings. The van der Waals surface area contributed by atoms with Crippen molar-refractivity contribution in [2.75, 3.05) is 13.1 Å². The van der Waals surface area contributed by atoms with Gasteiger partial charge in [-0.1, -0.05) is 162 Å². The molecule has 0 unspecified atom stereocenters. The first-order chi connectivity index (χ1) is 22.8. The van der Waals surface area contributed by atoms with Crippen molar-refractivity contribution in [3.8, 4) is 0 Å². The van der Waals surface area contributed by atoms with Crippen molar-refractivity contribution >= 4 is 17.8 Å². The van der Waals surface area contributed by atoms with E-state index in [-0.39, 0.29) is 12.8 Å². The molecule has 0 aliphatic heterocycles. The van der Waals surface area contributed by atoms with E-state index in [2.05, 4.69) is 13.8 Å². The number of carboxylic acids is 2. The zero-order valence-electron chi connectivity index (χ0n) is 30.9. The Kier molecular flexibility index (Phi) is 30.5. The molecular weight excluding hydrogens is 590 g/mol.